The van der Waals surface area contributed by atoms with Crippen LogP contribution < -0.4 is 9.80 Å². The van der Waals surface area contributed by atoms with E-state index in [9.17, 15) is 24.3 Å². The Balaban J connectivity index is 1.30. The second-order valence-corrected chi connectivity index (χ2v) is 18.3. The van der Waals surface area contributed by atoms with Gasteiger partial charge < -0.3 is 24.4 Å². The molecule has 3 amide bonds. The monoisotopic (exact) mass is 689 g/mol. The molecule has 2 N–H and O–H groups in total. The van der Waals surface area contributed by atoms with E-state index in [0.29, 0.717) is 42.1 Å². The van der Waals surface area contributed by atoms with Crippen molar-refractivity contribution < 1.29 is 29.0 Å². The zero-order chi connectivity index (χ0) is 35.2. The highest BCUT2D eigenvalue weighted by Crippen LogP contribution is 2.60. The van der Waals surface area contributed by atoms with Crippen LogP contribution in [0.25, 0.3) is 0 Å². The van der Waals surface area contributed by atoms with E-state index < -0.39 is 31.5 Å². The largest absolute Gasteiger partial charge is 0.432 e. The van der Waals surface area contributed by atoms with Crippen LogP contribution in [0, 0.1) is 5.92 Å². The predicted octanol–water partition coefficient (Wildman–Crippen LogP) is 5.66. The first-order chi connectivity index (χ1) is 24.1. The molecule has 9 nitrogen and oxygen atoms in total. The molecule has 0 aromatic heterocycles. The number of ether oxygens (including phenoxy) is 1. The van der Waals surface area contributed by atoms with Gasteiger partial charge in [-0.1, -0.05) is 79.7 Å². The molecule has 1 fully saturated rings. The van der Waals surface area contributed by atoms with Gasteiger partial charge in [0.05, 0.1) is 37.4 Å². The Bertz CT molecular complexity index is 1900. The number of fused-ring (bicyclic) bond motifs is 3. The van der Waals surface area contributed by atoms with Gasteiger partial charge in [-0.15, -0.1) is 0 Å². The van der Waals surface area contributed by atoms with Crippen molar-refractivity contribution in [2.24, 2.45) is 5.92 Å². The highest BCUT2D eigenvalue weighted by atomic mass is 28.4. The summed E-state index contributed by atoms with van der Waals surface area (Å²) in [7, 11) is -3.07. The van der Waals surface area contributed by atoms with Crippen molar-refractivity contribution in [3.8, 4) is 0 Å². The predicted molar refractivity (Wildman–Crippen MR) is 194 cm³/mol. The number of hydrogen-bond acceptors (Lipinski definition) is 6. The Morgan fingerprint density at radius 2 is 1.62 bits per heavy atom. The molecule has 0 radical (unpaired) electrons. The van der Waals surface area contributed by atoms with Crippen molar-refractivity contribution in [3.05, 3.63) is 125 Å². The molecule has 4 aromatic carbocycles. The molecule has 50 heavy (non-hydrogen) atoms. The number of rotatable bonds is 9. The van der Waals surface area contributed by atoms with E-state index in [1.54, 1.807) is 9.80 Å². The van der Waals surface area contributed by atoms with Gasteiger partial charge in [0.25, 0.3) is 5.91 Å². The molecule has 1 spiro atoms. The SMILES string of the molecule is C[C@@H]1[C@@H]([Si](C)(C)O)[C@H](CC(=O)N2Cc3ccccc3C[C@H]2CO)O[C@@]12C(=O)N(Cc1ccccc1)c1ccc(N(C=O)c3ccccc3)cc12. The Labute approximate surface area is 293 Å². The number of carbonyl (C=O) groups excluding carboxylic acids is 3. The molecule has 0 unspecified atom stereocenters. The van der Waals surface area contributed by atoms with Crippen LogP contribution in [0.5, 0.6) is 0 Å². The maximum atomic E-state index is 15.0. The van der Waals surface area contributed by atoms with Crippen LogP contribution in [-0.4, -0.2) is 60.1 Å². The van der Waals surface area contributed by atoms with E-state index in [1.165, 1.54) is 4.90 Å². The molecule has 4 aromatic rings. The van der Waals surface area contributed by atoms with Crippen molar-refractivity contribution in [2.75, 3.05) is 16.4 Å². The molecule has 258 valence electrons. The minimum Gasteiger partial charge on any atom is -0.432 e. The average Bonchev–Trinajstić information content (AvgIpc) is 3.54. The van der Waals surface area contributed by atoms with Crippen LogP contribution in [0.3, 0.4) is 0 Å². The lowest BCUT2D eigenvalue weighted by molar-refractivity contribution is -0.151. The number of hydrogen-bond donors (Lipinski definition) is 2. The molecule has 7 rings (SSSR count). The fourth-order valence-electron chi connectivity index (χ4n) is 8.53. The number of carbonyl (C=O) groups is 3. The fraction of sp³-hybridized carbons (Fsp3) is 0.325. The summed E-state index contributed by atoms with van der Waals surface area (Å²) in [5.74, 6) is -0.934. The quantitative estimate of drug-likeness (QED) is 0.173. The number of aliphatic hydroxyl groups excluding tert-OH is 1. The van der Waals surface area contributed by atoms with Gasteiger partial charge in [-0.2, -0.15) is 0 Å². The van der Waals surface area contributed by atoms with Gasteiger partial charge in [0.2, 0.25) is 12.3 Å². The standard InChI is InChI=1S/C40H43N3O6Si/c1-27-38(50(2,3)48)36(22-37(46)41-24-30-15-11-10-14-29(30)20-33(41)25-44)49-40(27)34-21-32(43(26-45)31-16-8-5-9-17-31)18-19-35(34)42(39(40)47)23-28-12-6-4-7-13-28/h4-19,21,26-27,33,36,38,44,48H,20,22-25H2,1-3H3/t27-,33+,36+,38-,40+/m1/s1. The van der Waals surface area contributed by atoms with Crippen molar-refractivity contribution in [3.63, 3.8) is 0 Å². The summed E-state index contributed by atoms with van der Waals surface area (Å²) in [5, 5.41) is 10.3. The molecular weight excluding hydrogens is 647 g/mol. The molecule has 10 heteroatoms. The molecule has 5 atom stereocenters. The second-order valence-electron chi connectivity index (χ2n) is 14.3. The first-order valence-electron chi connectivity index (χ1n) is 17.2. The highest BCUT2D eigenvalue weighted by molar-refractivity contribution is 6.71. The molecular formula is C40H43N3O6Si. The van der Waals surface area contributed by atoms with Crippen LogP contribution in [0.1, 0.15) is 35.6 Å². The number of amides is 3. The van der Waals surface area contributed by atoms with E-state index in [4.69, 9.17) is 4.74 Å². The molecule has 0 aliphatic carbocycles. The van der Waals surface area contributed by atoms with Gasteiger partial charge in [0, 0.05) is 34.9 Å². The zero-order valence-corrected chi connectivity index (χ0v) is 29.6. The molecule has 0 saturated carbocycles. The molecule has 1 saturated heterocycles. The highest BCUT2D eigenvalue weighted by Gasteiger charge is 2.66. The van der Waals surface area contributed by atoms with Gasteiger partial charge in [-0.25, -0.2) is 0 Å². The topological polar surface area (TPSA) is 111 Å². The van der Waals surface area contributed by atoms with Gasteiger partial charge in [-0.05, 0) is 66.5 Å². The summed E-state index contributed by atoms with van der Waals surface area (Å²) in [6.07, 6.45) is 0.502. The number of anilines is 3. The summed E-state index contributed by atoms with van der Waals surface area (Å²) in [6.45, 7) is 6.12. The summed E-state index contributed by atoms with van der Waals surface area (Å²) in [5.41, 5.74) is 3.66. The van der Waals surface area contributed by atoms with Crippen LogP contribution >= 0.6 is 0 Å². The van der Waals surface area contributed by atoms with Gasteiger partial charge >= 0.3 is 0 Å². The Kier molecular flexibility index (Phi) is 8.98. The van der Waals surface area contributed by atoms with E-state index >= 15 is 0 Å². The fourth-order valence-corrected chi connectivity index (χ4v) is 11.1. The van der Waals surface area contributed by atoms with E-state index in [0.717, 1.165) is 23.1 Å². The lowest BCUT2D eigenvalue weighted by Crippen LogP contribution is -2.48. The number of aliphatic hydroxyl groups is 1. The maximum absolute atomic E-state index is 15.0. The van der Waals surface area contributed by atoms with Crippen LogP contribution in [0.2, 0.25) is 18.6 Å². The Morgan fingerprint density at radius 3 is 2.28 bits per heavy atom. The van der Waals surface area contributed by atoms with Crippen molar-refractivity contribution in [1.82, 2.24) is 4.90 Å². The molecule has 3 heterocycles. The van der Waals surface area contributed by atoms with Crippen molar-refractivity contribution in [2.45, 2.75) is 69.2 Å². The summed E-state index contributed by atoms with van der Waals surface area (Å²) in [4.78, 5) is 58.5. The molecule has 0 bridgehead atoms. The summed E-state index contributed by atoms with van der Waals surface area (Å²) in [6, 6.07) is 32.1. The minimum atomic E-state index is -3.07. The van der Waals surface area contributed by atoms with Crippen LogP contribution in [-0.2, 0) is 44.2 Å². The van der Waals surface area contributed by atoms with Gasteiger partial charge in [0.15, 0.2) is 13.9 Å². The average molecular weight is 690 g/mol. The lowest BCUT2D eigenvalue weighted by atomic mass is 9.82. The Hall–Kier alpha value is -4.61. The van der Waals surface area contributed by atoms with E-state index in [-0.39, 0.29) is 30.9 Å². The van der Waals surface area contributed by atoms with Crippen LogP contribution in [0.4, 0.5) is 17.1 Å². The smallest absolute Gasteiger partial charge is 0.264 e. The number of nitrogens with zero attached hydrogens (tertiary/aromatic N) is 3. The zero-order valence-electron chi connectivity index (χ0n) is 28.6. The third kappa shape index (κ3) is 5.75. The number of para-hydroxylation sites is 1. The maximum Gasteiger partial charge on any atom is 0.264 e. The van der Waals surface area contributed by atoms with Gasteiger partial charge in [-0.3, -0.25) is 19.3 Å². The minimum absolute atomic E-state index is 0.0438. The third-order valence-corrected chi connectivity index (χ3v) is 13.3. The van der Waals surface area contributed by atoms with Crippen molar-refractivity contribution >= 4 is 43.6 Å². The van der Waals surface area contributed by atoms with Crippen molar-refractivity contribution in [1.29, 1.82) is 0 Å². The number of benzene rings is 4. The van der Waals surface area contributed by atoms with Gasteiger partial charge in [0.1, 0.15) is 0 Å². The molecule has 3 aliphatic heterocycles. The lowest BCUT2D eigenvalue weighted by Gasteiger charge is -2.37. The first-order valence-corrected chi connectivity index (χ1v) is 20.3. The van der Waals surface area contributed by atoms with E-state index in [1.807, 2.05) is 123 Å². The van der Waals surface area contributed by atoms with E-state index in [2.05, 4.69) is 0 Å². The van der Waals surface area contributed by atoms with Crippen LogP contribution in [0.15, 0.2) is 103 Å². The third-order valence-electron chi connectivity index (χ3n) is 10.8. The Morgan fingerprint density at radius 1 is 0.960 bits per heavy atom. The summed E-state index contributed by atoms with van der Waals surface area (Å²) < 4.78 is 7.01. The first kappa shape index (κ1) is 33.9. The summed E-state index contributed by atoms with van der Waals surface area (Å²) >= 11 is 0. The molecule has 3 aliphatic rings. The second kappa shape index (κ2) is 13.3. The normalized spacial score (nSPS) is 24.3.